The maximum atomic E-state index is 11.7. The van der Waals surface area contributed by atoms with Gasteiger partial charge in [0, 0.05) is 52.2 Å². The normalized spacial score (nSPS) is 11.3. The van der Waals surface area contributed by atoms with Crippen molar-refractivity contribution in [2.75, 3.05) is 21.1 Å². The van der Waals surface area contributed by atoms with Crippen LogP contribution in [0.3, 0.4) is 0 Å². The molecule has 1 aromatic carbocycles. The van der Waals surface area contributed by atoms with Gasteiger partial charge < -0.3 is 20.1 Å². The standard InChI is InChI=1S/C18H24ClN5O/c1-20-17(25)14-7-5-6-13(8-14)10-22-18(21-2)24(4)12-16-9-15(19)11-23(16)3/h5-9,11H,10,12H2,1-4H3,(H,20,25)(H,21,22). The van der Waals surface area contributed by atoms with E-state index in [0.717, 1.165) is 22.2 Å². The minimum atomic E-state index is -0.0936. The van der Waals surface area contributed by atoms with Gasteiger partial charge in [0.1, 0.15) is 0 Å². The predicted octanol–water partition coefficient (Wildman–Crippen LogP) is 2.25. The molecule has 6 nitrogen and oxygen atoms in total. The Labute approximate surface area is 153 Å². The summed E-state index contributed by atoms with van der Waals surface area (Å²) in [7, 11) is 7.31. The number of carbonyl (C=O) groups is 1. The lowest BCUT2D eigenvalue weighted by Crippen LogP contribution is -2.38. The molecule has 2 N–H and O–H groups in total. The molecular weight excluding hydrogens is 338 g/mol. The highest BCUT2D eigenvalue weighted by molar-refractivity contribution is 6.30. The Morgan fingerprint density at radius 2 is 2.12 bits per heavy atom. The van der Waals surface area contributed by atoms with E-state index in [-0.39, 0.29) is 5.91 Å². The predicted molar refractivity (Wildman–Crippen MR) is 102 cm³/mol. The SMILES string of the molecule is CN=C(NCc1cccc(C(=O)NC)c1)N(C)Cc1cc(Cl)cn1C. The van der Waals surface area contributed by atoms with Gasteiger partial charge in [-0.1, -0.05) is 23.7 Å². The van der Waals surface area contributed by atoms with E-state index >= 15 is 0 Å². The van der Waals surface area contributed by atoms with Gasteiger partial charge in [0.05, 0.1) is 11.6 Å². The van der Waals surface area contributed by atoms with Gasteiger partial charge in [0.25, 0.3) is 5.91 Å². The van der Waals surface area contributed by atoms with Gasteiger partial charge in [-0.05, 0) is 23.8 Å². The van der Waals surface area contributed by atoms with Crippen LogP contribution < -0.4 is 10.6 Å². The van der Waals surface area contributed by atoms with Gasteiger partial charge in [-0.2, -0.15) is 0 Å². The Morgan fingerprint density at radius 1 is 1.36 bits per heavy atom. The van der Waals surface area contributed by atoms with E-state index in [1.54, 1.807) is 20.2 Å². The molecule has 0 saturated heterocycles. The van der Waals surface area contributed by atoms with Crippen LogP contribution in [0.15, 0.2) is 41.5 Å². The van der Waals surface area contributed by atoms with E-state index in [9.17, 15) is 4.79 Å². The van der Waals surface area contributed by atoms with Crippen molar-refractivity contribution in [2.45, 2.75) is 13.1 Å². The van der Waals surface area contributed by atoms with Crippen LogP contribution in [0.2, 0.25) is 5.02 Å². The van der Waals surface area contributed by atoms with Gasteiger partial charge in [-0.3, -0.25) is 9.79 Å². The first kappa shape index (κ1) is 18.9. The Kier molecular flexibility index (Phi) is 6.47. The highest BCUT2D eigenvalue weighted by Crippen LogP contribution is 2.14. The van der Waals surface area contributed by atoms with E-state index in [1.807, 2.05) is 54.0 Å². The van der Waals surface area contributed by atoms with Crippen LogP contribution >= 0.6 is 11.6 Å². The summed E-state index contributed by atoms with van der Waals surface area (Å²) in [5, 5.41) is 6.67. The third kappa shape index (κ3) is 5.00. The first-order valence-corrected chi connectivity index (χ1v) is 8.36. The fraction of sp³-hybridized carbons (Fsp3) is 0.333. The number of nitrogens with one attached hydrogen (secondary N) is 2. The molecule has 0 unspecified atom stereocenters. The monoisotopic (exact) mass is 361 g/mol. The fourth-order valence-electron chi connectivity index (χ4n) is 2.57. The number of aryl methyl sites for hydroxylation is 1. The molecule has 134 valence electrons. The van der Waals surface area contributed by atoms with E-state index in [1.165, 1.54) is 0 Å². The molecule has 1 amide bonds. The molecule has 0 aliphatic rings. The zero-order chi connectivity index (χ0) is 18.4. The number of carbonyl (C=O) groups excluding carboxylic acids is 1. The Morgan fingerprint density at radius 3 is 2.72 bits per heavy atom. The molecular formula is C18H24ClN5O. The minimum absolute atomic E-state index is 0.0936. The summed E-state index contributed by atoms with van der Waals surface area (Å²) in [6, 6.07) is 9.46. The second-order valence-electron chi connectivity index (χ2n) is 5.80. The number of guanidine groups is 1. The van der Waals surface area contributed by atoms with Crippen molar-refractivity contribution in [1.82, 2.24) is 20.1 Å². The zero-order valence-electron chi connectivity index (χ0n) is 15.0. The lowest BCUT2D eigenvalue weighted by Gasteiger charge is -2.22. The smallest absolute Gasteiger partial charge is 0.251 e. The third-order valence-electron chi connectivity index (χ3n) is 3.91. The van der Waals surface area contributed by atoms with E-state index in [2.05, 4.69) is 15.6 Å². The van der Waals surface area contributed by atoms with Crippen molar-refractivity contribution in [3.63, 3.8) is 0 Å². The van der Waals surface area contributed by atoms with Gasteiger partial charge in [0.2, 0.25) is 0 Å². The topological polar surface area (TPSA) is 61.7 Å². The molecule has 0 bridgehead atoms. The first-order chi connectivity index (χ1) is 11.9. The molecule has 0 atom stereocenters. The molecule has 2 rings (SSSR count). The molecule has 2 aromatic rings. The van der Waals surface area contributed by atoms with Gasteiger partial charge in [-0.15, -0.1) is 0 Å². The molecule has 0 saturated carbocycles. The van der Waals surface area contributed by atoms with Crippen LogP contribution in [0.25, 0.3) is 0 Å². The summed E-state index contributed by atoms with van der Waals surface area (Å²) in [6.45, 7) is 1.26. The molecule has 1 heterocycles. The number of nitrogens with zero attached hydrogens (tertiary/aromatic N) is 3. The lowest BCUT2D eigenvalue weighted by molar-refractivity contribution is 0.0963. The third-order valence-corrected chi connectivity index (χ3v) is 4.12. The van der Waals surface area contributed by atoms with Gasteiger partial charge in [-0.25, -0.2) is 0 Å². The van der Waals surface area contributed by atoms with Crippen molar-refractivity contribution in [3.8, 4) is 0 Å². The molecule has 0 aliphatic carbocycles. The van der Waals surface area contributed by atoms with Crippen LogP contribution in [-0.2, 0) is 20.1 Å². The second-order valence-corrected chi connectivity index (χ2v) is 6.23. The number of hydrogen-bond acceptors (Lipinski definition) is 2. The number of rotatable bonds is 5. The maximum Gasteiger partial charge on any atom is 0.251 e. The van der Waals surface area contributed by atoms with Crippen LogP contribution in [-0.4, -0.2) is 42.5 Å². The van der Waals surface area contributed by atoms with Crippen molar-refractivity contribution in [3.05, 3.63) is 58.4 Å². The summed E-state index contributed by atoms with van der Waals surface area (Å²) in [6.07, 6.45) is 1.88. The molecule has 0 spiro atoms. The van der Waals surface area contributed by atoms with Crippen LogP contribution in [0, 0.1) is 0 Å². The fourth-order valence-corrected chi connectivity index (χ4v) is 2.85. The number of benzene rings is 1. The second kappa shape index (κ2) is 8.58. The molecule has 25 heavy (non-hydrogen) atoms. The van der Waals surface area contributed by atoms with Crippen LogP contribution in [0.5, 0.6) is 0 Å². The van der Waals surface area contributed by atoms with Crippen molar-refractivity contribution >= 4 is 23.5 Å². The van der Waals surface area contributed by atoms with Crippen LogP contribution in [0.1, 0.15) is 21.6 Å². The number of halogens is 1. The minimum Gasteiger partial charge on any atom is -0.355 e. The first-order valence-electron chi connectivity index (χ1n) is 7.98. The summed E-state index contributed by atoms with van der Waals surface area (Å²) in [5.41, 5.74) is 2.75. The zero-order valence-corrected chi connectivity index (χ0v) is 15.8. The van der Waals surface area contributed by atoms with Crippen molar-refractivity contribution in [1.29, 1.82) is 0 Å². The largest absolute Gasteiger partial charge is 0.355 e. The average molecular weight is 362 g/mol. The Bertz CT molecular complexity index is 769. The Balaban J connectivity index is 2.00. The summed E-state index contributed by atoms with van der Waals surface area (Å²) >= 11 is 6.04. The van der Waals surface area contributed by atoms with Crippen LogP contribution in [0.4, 0.5) is 0 Å². The molecule has 7 heteroatoms. The molecule has 0 aliphatic heterocycles. The quantitative estimate of drug-likeness (QED) is 0.634. The number of hydrogen-bond donors (Lipinski definition) is 2. The number of aliphatic imine (C=N–C) groups is 1. The summed E-state index contributed by atoms with van der Waals surface area (Å²) in [4.78, 5) is 18.1. The Hall–Kier alpha value is -2.47. The van der Waals surface area contributed by atoms with E-state index in [0.29, 0.717) is 18.7 Å². The van der Waals surface area contributed by atoms with E-state index < -0.39 is 0 Å². The van der Waals surface area contributed by atoms with Crippen molar-refractivity contribution < 1.29 is 4.79 Å². The molecule has 1 aromatic heterocycles. The number of amides is 1. The maximum absolute atomic E-state index is 11.7. The van der Waals surface area contributed by atoms with Gasteiger partial charge in [0.15, 0.2) is 5.96 Å². The lowest BCUT2D eigenvalue weighted by atomic mass is 10.1. The van der Waals surface area contributed by atoms with Crippen molar-refractivity contribution in [2.24, 2.45) is 12.0 Å². The molecule has 0 radical (unpaired) electrons. The summed E-state index contributed by atoms with van der Waals surface area (Å²) in [5.74, 6) is 0.673. The van der Waals surface area contributed by atoms with E-state index in [4.69, 9.17) is 11.6 Å². The average Bonchev–Trinajstić information content (AvgIpc) is 2.92. The molecule has 0 fully saturated rings. The number of aromatic nitrogens is 1. The summed E-state index contributed by atoms with van der Waals surface area (Å²) < 4.78 is 2.00. The highest BCUT2D eigenvalue weighted by atomic mass is 35.5. The highest BCUT2D eigenvalue weighted by Gasteiger charge is 2.10. The van der Waals surface area contributed by atoms with Gasteiger partial charge >= 0.3 is 0 Å².